The van der Waals surface area contributed by atoms with Crippen molar-refractivity contribution in [2.24, 2.45) is 5.73 Å². The van der Waals surface area contributed by atoms with Gasteiger partial charge >= 0.3 is 0 Å². The number of hydrogen-bond acceptors (Lipinski definition) is 5. The van der Waals surface area contributed by atoms with Crippen molar-refractivity contribution in [2.75, 3.05) is 0 Å². The first-order chi connectivity index (χ1) is 14.5. The van der Waals surface area contributed by atoms with Crippen LogP contribution in [0.25, 0.3) is 0 Å². The molecule has 0 spiro atoms. The highest BCUT2D eigenvalue weighted by atomic mass is 16.5. The van der Waals surface area contributed by atoms with Crippen LogP contribution in [0.15, 0.2) is 61.1 Å². The normalized spacial score (nSPS) is 12.7. The molecule has 1 amide bonds. The molecule has 3 rings (SSSR count). The Hall–Kier alpha value is -3.63. The molecule has 0 aliphatic carbocycles. The van der Waals surface area contributed by atoms with Crippen molar-refractivity contribution in [3.63, 3.8) is 0 Å². The van der Waals surface area contributed by atoms with E-state index in [4.69, 9.17) is 15.7 Å². The van der Waals surface area contributed by atoms with E-state index < -0.39 is 12.0 Å². The quantitative estimate of drug-likeness (QED) is 0.569. The van der Waals surface area contributed by atoms with Crippen LogP contribution < -0.4 is 10.5 Å². The van der Waals surface area contributed by atoms with Gasteiger partial charge in [-0.1, -0.05) is 30.3 Å². The summed E-state index contributed by atoms with van der Waals surface area (Å²) in [5, 5.41) is 19.1. The summed E-state index contributed by atoms with van der Waals surface area (Å²) < 4.78 is 7.73. The molecule has 0 aliphatic rings. The topological polar surface area (TPSA) is 114 Å². The minimum Gasteiger partial charge on any atom is -0.489 e. The second-order valence-corrected chi connectivity index (χ2v) is 7.12. The van der Waals surface area contributed by atoms with Gasteiger partial charge in [0.1, 0.15) is 18.1 Å². The summed E-state index contributed by atoms with van der Waals surface area (Å²) in [4.78, 5) is 15.3. The van der Waals surface area contributed by atoms with Gasteiger partial charge in [0.25, 0.3) is 5.91 Å². The minimum atomic E-state index is -0.633. The molecular weight excluding hydrogens is 380 g/mol. The van der Waals surface area contributed by atoms with Gasteiger partial charge in [0.2, 0.25) is 0 Å². The van der Waals surface area contributed by atoms with Gasteiger partial charge in [-0.2, -0.15) is 5.26 Å². The Labute approximate surface area is 175 Å². The summed E-state index contributed by atoms with van der Waals surface area (Å²) in [7, 11) is 0. The monoisotopic (exact) mass is 404 g/mol. The maximum absolute atomic E-state index is 11.3. The predicted octanol–water partition coefficient (Wildman–Crippen LogP) is 2.99. The van der Waals surface area contributed by atoms with E-state index in [1.807, 2.05) is 36.4 Å². The number of benzene rings is 2. The Kier molecular flexibility index (Phi) is 6.83. The SMILES string of the molecule is C[C@H](O)[C@@H](CCc1ccccc1OCc1ccc(C#N)cc1)n1cnc(C(N)=O)c1. The third kappa shape index (κ3) is 5.25. The van der Waals surface area contributed by atoms with Crippen molar-refractivity contribution in [2.45, 2.75) is 38.5 Å². The minimum absolute atomic E-state index is 0.173. The summed E-state index contributed by atoms with van der Waals surface area (Å²) in [6, 6.07) is 16.9. The number of imidazole rings is 1. The highest BCUT2D eigenvalue weighted by Gasteiger charge is 2.19. The summed E-state index contributed by atoms with van der Waals surface area (Å²) >= 11 is 0. The van der Waals surface area contributed by atoms with Crippen LogP contribution in [0.1, 0.15) is 46.6 Å². The fourth-order valence-corrected chi connectivity index (χ4v) is 3.28. The predicted molar refractivity (Wildman–Crippen MR) is 112 cm³/mol. The third-order valence-electron chi connectivity index (χ3n) is 4.95. The second kappa shape index (κ2) is 9.72. The van der Waals surface area contributed by atoms with Crippen LogP contribution in [0.5, 0.6) is 5.75 Å². The van der Waals surface area contributed by atoms with E-state index in [1.165, 1.54) is 6.33 Å². The maximum Gasteiger partial charge on any atom is 0.268 e. The number of aryl methyl sites for hydroxylation is 1. The number of para-hydroxylation sites is 1. The molecule has 3 aromatic rings. The molecule has 0 fully saturated rings. The largest absolute Gasteiger partial charge is 0.489 e. The summed E-state index contributed by atoms with van der Waals surface area (Å²) in [5.41, 5.74) is 8.06. The first kappa shape index (κ1) is 21.1. The molecule has 7 nitrogen and oxygen atoms in total. The number of ether oxygens (including phenoxy) is 1. The van der Waals surface area contributed by atoms with E-state index in [9.17, 15) is 9.90 Å². The fourth-order valence-electron chi connectivity index (χ4n) is 3.28. The maximum atomic E-state index is 11.3. The van der Waals surface area contributed by atoms with E-state index in [-0.39, 0.29) is 11.7 Å². The van der Waals surface area contributed by atoms with Crippen LogP contribution in [-0.2, 0) is 13.0 Å². The Morgan fingerprint density at radius 3 is 2.63 bits per heavy atom. The van der Waals surface area contributed by atoms with Crippen LogP contribution in [0.4, 0.5) is 0 Å². The molecule has 7 heteroatoms. The van der Waals surface area contributed by atoms with Crippen molar-refractivity contribution in [3.8, 4) is 11.8 Å². The number of primary amides is 1. The number of nitriles is 1. The Morgan fingerprint density at radius 1 is 1.27 bits per heavy atom. The van der Waals surface area contributed by atoms with Gasteiger partial charge in [0.05, 0.1) is 30.1 Å². The van der Waals surface area contributed by atoms with Crippen LogP contribution in [0, 0.1) is 11.3 Å². The summed E-state index contributed by atoms with van der Waals surface area (Å²) in [6.45, 7) is 2.11. The molecule has 3 N–H and O–H groups in total. The lowest BCUT2D eigenvalue weighted by molar-refractivity contribution is 0.0994. The summed E-state index contributed by atoms with van der Waals surface area (Å²) in [6.07, 6.45) is 3.75. The molecule has 0 saturated carbocycles. The molecule has 1 aromatic heterocycles. The molecule has 2 aromatic carbocycles. The molecule has 154 valence electrons. The Morgan fingerprint density at radius 2 is 2.00 bits per heavy atom. The number of aliphatic hydroxyl groups excluding tert-OH is 1. The number of carbonyl (C=O) groups is 1. The van der Waals surface area contributed by atoms with E-state index in [0.717, 1.165) is 16.9 Å². The first-order valence-electron chi connectivity index (χ1n) is 9.69. The first-order valence-corrected chi connectivity index (χ1v) is 9.69. The lowest BCUT2D eigenvalue weighted by atomic mass is 10.0. The molecular formula is C23H24N4O3. The van der Waals surface area contributed by atoms with Crippen molar-refractivity contribution in [1.82, 2.24) is 9.55 Å². The van der Waals surface area contributed by atoms with Crippen molar-refractivity contribution in [3.05, 3.63) is 83.4 Å². The average Bonchev–Trinajstić information content (AvgIpc) is 3.23. The van der Waals surface area contributed by atoms with Crippen molar-refractivity contribution >= 4 is 5.91 Å². The van der Waals surface area contributed by atoms with Gasteiger partial charge in [-0.3, -0.25) is 4.79 Å². The highest BCUT2D eigenvalue weighted by Crippen LogP contribution is 2.25. The fraction of sp³-hybridized carbons (Fsp3) is 0.261. The molecule has 0 aliphatic heterocycles. The number of hydrogen-bond donors (Lipinski definition) is 2. The standard InChI is InChI=1S/C23H24N4O3/c1-16(28)21(27-13-20(23(25)29)26-15-27)11-10-19-4-2-3-5-22(19)30-14-18-8-6-17(12-24)7-9-18/h2-9,13,15-16,21,28H,10-11,14H2,1H3,(H2,25,29)/t16-,21+/m0/s1. The number of nitrogens with zero attached hydrogens (tertiary/aromatic N) is 3. The lowest BCUT2D eigenvalue weighted by Crippen LogP contribution is -2.21. The third-order valence-corrected chi connectivity index (χ3v) is 4.95. The number of nitrogens with two attached hydrogens (primary N) is 1. The number of amides is 1. The van der Waals surface area contributed by atoms with Crippen LogP contribution in [-0.4, -0.2) is 26.7 Å². The van der Waals surface area contributed by atoms with Crippen LogP contribution in [0.3, 0.4) is 0 Å². The molecule has 2 atom stereocenters. The van der Waals surface area contributed by atoms with E-state index in [1.54, 1.807) is 29.8 Å². The summed E-state index contributed by atoms with van der Waals surface area (Å²) in [5.74, 6) is 0.175. The Bertz CT molecular complexity index is 1040. The van der Waals surface area contributed by atoms with Gasteiger partial charge in [-0.15, -0.1) is 0 Å². The molecule has 0 bridgehead atoms. The van der Waals surface area contributed by atoms with Gasteiger partial charge in [-0.25, -0.2) is 4.98 Å². The Balaban J connectivity index is 1.68. The lowest BCUT2D eigenvalue weighted by Gasteiger charge is -2.22. The van der Waals surface area contributed by atoms with Crippen LogP contribution in [0.2, 0.25) is 0 Å². The van der Waals surface area contributed by atoms with E-state index in [0.29, 0.717) is 25.0 Å². The molecule has 0 radical (unpaired) electrons. The van der Waals surface area contributed by atoms with E-state index in [2.05, 4.69) is 11.1 Å². The smallest absolute Gasteiger partial charge is 0.268 e. The zero-order chi connectivity index (χ0) is 21.5. The van der Waals surface area contributed by atoms with Crippen LogP contribution >= 0.6 is 0 Å². The molecule has 0 unspecified atom stereocenters. The van der Waals surface area contributed by atoms with Gasteiger partial charge in [0, 0.05) is 6.20 Å². The zero-order valence-electron chi connectivity index (χ0n) is 16.7. The number of carbonyl (C=O) groups excluding carboxylic acids is 1. The second-order valence-electron chi connectivity index (χ2n) is 7.12. The number of aromatic nitrogens is 2. The molecule has 30 heavy (non-hydrogen) atoms. The van der Waals surface area contributed by atoms with Gasteiger partial charge < -0.3 is 20.1 Å². The van der Waals surface area contributed by atoms with E-state index >= 15 is 0 Å². The molecule has 0 saturated heterocycles. The number of rotatable bonds is 9. The zero-order valence-corrected chi connectivity index (χ0v) is 16.7. The van der Waals surface area contributed by atoms with Crippen molar-refractivity contribution < 1.29 is 14.6 Å². The average molecular weight is 404 g/mol. The highest BCUT2D eigenvalue weighted by molar-refractivity contribution is 5.90. The number of aliphatic hydroxyl groups is 1. The molecule has 1 heterocycles. The van der Waals surface area contributed by atoms with Crippen molar-refractivity contribution in [1.29, 1.82) is 5.26 Å². The van der Waals surface area contributed by atoms with Gasteiger partial charge in [-0.05, 0) is 49.1 Å². The van der Waals surface area contributed by atoms with Gasteiger partial charge in [0.15, 0.2) is 0 Å².